The standard InChI is InChI=1S/C16H18F7N5O/c1-3-10(16(21,22)23)25-14-27-12(8-5-4-6-9(29)11(8)17)26-13(28-14)24-7(2)15(18,19)20/h7,10H,3-6H2,1-2H3,(H2,24,25,26,27,28)/t7-,10-/m1/s1. The fourth-order valence-electron chi connectivity index (χ4n) is 2.51. The first-order valence-electron chi connectivity index (χ1n) is 8.67. The van der Waals surface area contributed by atoms with E-state index in [4.69, 9.17) is 0 Å². The predicted molar refractivity (Wildman–Crippen MR) is 89.6 cm³/mol. The van der Waals surface area contributed by atoms with Crippen LogP contribution in [0.5, 0.6) is 0 Å². The zero-order valence-electron chi connectivity index (χ0n) is 15.4. The lowest BCUT2D eigenvalue weighted by atomic mass is 9.97. The zero-order valence-corrected chi connectivity index (χ0v) is 15.4. The summed E-state index contributed by atoms with van der Waals surface area (Å²) in [4.78, 5) is 22.5. The Bertz CT molecular complexity index is 791. The van der Waals surface area contributed by atoms with E-state index in [2.05, 4.69) is 15.0 Å². The first kappa shape index (κ1) is 22.8. The number of anilines is 2. The SMILES string of the molecule is CC[C@@H](Nc1nc(N[C@H](C)C(F)(F)F)nc(C2=C(F)C(=O)CCC2)n1)C(F)(F)F. The number of rotatable bonds is 6. The highest BCUT2D eigenvalue weighted by Gasteiger charge is 2.39. The molecule has 0 spiro atoms. The minimum absolute atomic E-state index is 0.00572. The van der Waals surface area contributed by atoms with Gasteiger partial charge in [-0.15, -0.1) is 0 Å². The van der Waals surface area contributed by atoms with E-state index in [0.717, 1.165) is 6.92 Å². The van der Waals surface area contributed by atoms with E-state index in [1.54, 1.807) is 0 Å². The van der Waals surface area contributed by atoms with Crippen LogP contribution in [0.4, 0.5) is 42.6 Å². The van der Waals surface area contributed by atoms with Crippen LogP contribution in [0.3, 0.4) is 0 Å². The van der Waals surface area contributed by atoms with Crippen LogP contribution in [-0.2, 0) is 4.79 Å². The molecule has 1 aliphatic carbocycles. The number of nitrogens with zero attached hydrogens (tertiary/aromatic N) is 3. The number of hydrogen-bond acceptors (Lipinski definition) is 6. The number of alkyl halides is 6. The molecule has 0 fully saturated rings. The summed E-state index contributed by atoms with van der Waals surface area (Å²) in [5.41, 5.74) is -0.283. The van der Waals surface area contributed by atoms with Crippen LogP contribution in [0, 0.1) is 0 Å². The van der Waals surface area contributed by atoms with Crippen molar-refractivity contribution in [2.45, 2.75) is 64.0 Å². The van der Waals surface area contributed by atoms with E-state index in [0.29, 0.717) is 0 Å². The van der Waals surface area contributed by atoms with Crippen molar-refractivity contribution in [3.8, 4) is 0 Å². The molecule has 0 aromatic carbocycles. The monoisotopic (exact) mass is 429 g/mol. The minimum Gasteiger partial charge on any atom is -0.343 e. The number of nitrogens with one attached hydrogen (secondary N) is 2. The Hall–Kier alpha value is -2.47. The first-order chi connectivity index (χ1) is 13.3. The van der Waals surface area contributed by atoms with Gasteiger partial charge in [-0.3, -0.25) is 4.79 Å². The lowest BCUT2D eigenvalue weighted by Crippen LogP contribution is -2.37. The maximum atomic E-state index is 14.2. The lowest BCUT2D eigenvalue weighted by molar-refractivity contribution is -0.143. The van der Waals surface area contributed by atoms with Crippen molar-refractivity contribution >= 4 is 23.3 Å². The second-order valence-corrected chi connectivity index (χ2v) is 6.43. The minimum atomic E-state index is -4.69. The van der Waals surface area contributed by atoms with Crippen molar-refractivity contribution in [3.05, 3.63) is 11.7 Å². The number of carbonyl (C=O) groups is 1. The van der Waals surface area contributed by atoms with Gasteiger partial charge in [0.15, 0.2) is 17.4 Å². The van der Waals surface area contributed by atoms with E-state index in [1.165, 1.54) is 6.92 Å². The molecule has 2 atom stereocenters. The van der Waals surface area contributed by atoms with Gasteiger partial charge in [-0.1, -0.05) is 6.92 Å². The Balaban J connectivity index is 2.49. The molecule has 162 valence electrons. The molecule has 6 nitrogen and oxygen atoms in total. The first-order valence-corrected chi connectivity index (χ1v) is 8.67. The summed E-state index contributed by atoms with van der Waals surface area (Å²) in [6.45, 7) is 1.99. The molecule has 0 bridgehead atoms. The quantitative estimate of drug-likeness (QED) is 0.652. The number of ketones is 1. The van der Waals surface area contributed by atoms with E-state index >= 15 is 0 Å². The smallest absolute Gasteiger partial charge is 0.343 e. The van der Waals surface area contributed by atoms with Crippen molar-refractivity contribution in [1.29, 1.82) is 0 Å². The number of hydrogen-bond donors (Lipinski definition) is 2. The molecule has 0 aliphatic heterocycles. The van der Waals surface area contributed by atoms with Gasteiger partial charge in [-0.05, 0) is 26.2 Å². The largest absolute Gasteiger partial charge is 0.408 e. The summed E-state index contributed by atoms with van der Waals surface area (Å²) >= 11 is 0. The van der Waals surface area contributed by atoms with E-state index in [-0.39, 0.29) is 24.8 Å². The molecule has 2 N–H and O–H groups in total. The summed E-state index contributed by atoms with van der Waals surface area (Å²) in [7, 11) is 0. The summed E-state index contributed by atoms with van der Waals surface area (Å²) < 4.78 is 91.7. The van der Waals surface area contributed by atoms with Crippen LogP contribution in [0.1, 0.15) is 45.4 Å². The van der Waals surface area contributed by atoms with Crippen LogP contribution in [0.2, 0.25) is 0 Å². The normalized spacial score (nSPS) is 17.9. The third-order valence-corrected chi connectivity index (χ3v) is 4.19. The molecular formula is C16H18F7N5O. The molecule has 2 rings (SSSR count). The molecule has 1 aliphatic rings. The molecule has 1 aromatic heterocycles. The maximum absolute atomic E-state index is 14.2. The average molecular weight is 429 g/mol. The van der Waals surface area contributed by atoms with Crippen molar-refractivity contribution in [2.75, 3.05) is 10.6 Å². The molecule has 0 radical (unpaired) electrons. The second-order valence-electron chi connectivity index (χ2n) is 6.43. The number of Topliss-reactive ketones (excluding diaryl/α,β-unsaturated/α-hetero) is 1. The Morgan fingerprint density at radius 1 is 0.966 bits per heavy atom. The molecule has 0 saturated carbocycles. The fourth-order valence-corrected chi connectivity index (χ4v) is 2.51. The number of allylic oxidation sites excluding steroid dienone is 2. The molecule has 29 heavy (non-hydrogen) atoms. The van der Waals surface area contributed by atoms with Gasteiger partial charge in [0.2, 0.25) is 11.9 Å². The van der Waals surface area contributed by atoms with E-state index in [1.807, 2.05) is 10.6 Å². The Kier molecular flexibility index (Phi) is 6.68. The van der Waals surface area contributed by atoms with E-state index in [9.17, 15) is 35.5 Å². The van der Waals surface area contributed by atoms with Gasteiger partial charge >= 0.3 is 12.4 Å². The van der Waals surface area contributed by atoms with Crippen LogP contribution >= 0.6 is 0 Å². The number of aromatic nitrogens is 3. The number of halogens is 7. The summed E-state index contributed by atoms with van der Waals surface area (Å²) in [6, 6.07) is -4.22. The molecule has 0 unspecified atom stereocenters. The van der Waals surface area contributed by atoms with Gasteiger partial charge < -0.3 is 10.6 Å². The summed E-state index contributed by atoms with van der Waals surface area (Å²) in [6.07, 6.45) is -9.59. The summed E-state index contributed by atoms with van der Waals surface area (Å²) in [5.74, 6) is -3.87. The van der Waals surface area contributed by atoms with Gasteiger partial charge in [-0.25, -0.2) is 4.39 Å². The van der Waals surface area contributed by atoms with Crippen molar-refractivity contribution < 1.29 is 35.5 Å². The van der Waals surface area contributed by atoms with Gasteiger partial charge in [0.25, 0.3) is 0 Å². The Labute approximate surface area is 161 Å². The Morgan fingerprint density at radius 3 is 2.07 bits per heavy atom. The zero-order chi connectivity index (χ0) is 22.0. The molecule has 1 aromatic rings. The van der Waals surface area contributed by atoms with Crippen molar-refractivity contribution in [3.63, 3.8) is 0 Å². The fraction of sp³-hybridized carbons (Fsp3) is 0.625. The highest BCUT2D eigenvalue weighted by atomic mass is 19.4. The molecule has 0 amide bonds. The predicted octanol–water partition coefficient (Wildman–Crippen LogP) is 4.42. The molecule has 1 heterocycles. The van der Waals surface area contributed by atoms with E-state index < -0.39 is 60.2 Å². The lowest BCUT2D eigenvalue weighted by Gasteiger charge is -2.22. The van der Waals surface area contributed by atoms with Crippen molar-refractivity contribution in [2.24, 2.45) is 0 Å². The highest BCUT2D eigenvalue weighted by molar-refractivity contribution is 6.01. The van der Waals surface area contributed by atoms with Gasteiger partial charge in [-0.2, -0.15) is 41.3 Å². The third-order valence-electron chi connectivity index (χ3n) is 4.19. The molecular weight excluding hydrogens is 411 g/mol. The third kappa shape index (κ3) is 5.76. The second kappa shape index (κ2) is 8.49. The van der Waals surface area contributed by atoms with Crippen LogP contribution < -0.4 is 10.6 Å². The summed E-state index contributed by atoms with van der Waals surface area (Å²) in [5, 5.41) is 3.91. The molecule has 0 saturated heterocycles. The molecule has 13 heteroatoms. The topological polar surface area (TPSA) is 79.8 Å². The van der Waals surface area contributed by atoms with Gasteiger partial charge in [0.1, 0.15) is 12.1 Å². The maximum Gasteiger partial charge on any atom is 0.408 e. The number of carbonyl (C=O) groups excluding carboxylic acids is 1. The van der Waals surface area contributed by atoms with Crippen LogP contribution in [-0.4, -0.2) is 45.2 Å². The van der Waals surface area contributed by atoms with Crippen LogP contribution in [0.15, 0.2) is 5.83 Å². The van der Waals surface area contributed by atoms with Crippen LogP contribution in [0.25, 0.3) is 5.57 Å². The van der Waals surface area contributed by atoms with Gasteiger partial charge in [0.05, 0.1) is 0 Å². The van der Waals surface area contributed by atoms with Crippen molar-refractivity contribution in [1.82, 2.24) is 15.0 Å². The Morgan fingerprint density at radius 2 is 1.55 bits per heavy atom. The average Bonchev–Trinajstić information content (AvgIpc) is 2.60. The van der Waals surface area contributed by atoms with Gasteiger partial charge in [0, 0.05) is 12.0 Å². The highest BCUT2D eigenvalue weighted by Crippen LogP contribution is 2.31.